The first-order chi connectivity index (χ1) is 9.76. The molecule has 0 bridgehead atoms. The van der Waals surface area contributed by atoms with Crippen molar-refractivity contribution in [2.45, 2.75) is 39.2 Å². The second-order valence-electron chi connectivity index (χ2n) is 6.05. The number of aryl methyl sites for hydroxylation is 2. The van der Waals surface area contributed by atoms with Crippen LogP contribution in [0.1, 0.15) is 42.0 Å². The molecule has 1 amide bonds. The second-order valence-corrected chi connectivity index (χ2v) is 8.31. The minimum atomic E-state index is -3.09. The van der Waals surface area contributed by atoms with Gasteiger partial charge in [0.2, 0.25) is 5.91 Å². The maximum atomic E-state index is 12.3. The first kappa shape index (κ1) is 16.0. The lowest BCUT2D eigenvalue weighted by Gasteiger charge is -2.25. The van der Waals surface area contributed by atoms with Gasteiger partial charge in [-0.2, -0.15) is 0 Å². The van der Waals surface area contributed by atoms with Crippen LogP contribution in [0.25, 0.3) is 0 Å². The first-order valence-corrected chi connectivity index (χ1v) is 9.38. The zero-order chi connectivity index (χ0) is 15.6. The maximum absolute atomic E-state index is 12.3. The molecule has 1 saturated heterocycles. The molecule has 5 heteroatoms. The number of carbonyl (C=O) groups excluding carboxylic acids is 1. The fourth-order valence-electron chi connectivity index (χ4n) is 3.03. The van der Waals surface area contributed by atoms with Crippen LogP contribution in [-0.4, -0.2) is 37.8 Å². The smallest absolute Gasteiger partial charge is 0.224 e. The van der Waals surface area contributed by atoms with E-state index in [0.29, 0.717) is 0 Å². The van der Waals surface area contributed by atoms with Gasteiger partial charge in [0.05, 0.1) is 11.8 Å². The number of benzene rings is 1. The quantitative estimate of drug-likeness (QED) is 0.858. The summed E-state index contributed by atoms with van der Waals surface area (Å²) >= 11 is 0. The number of likely N-dealkylation sites (tertiary alicyclic amines) is 1. The normalized spacial score (nSPS) is 19.0. The average Bonchev–Trinajstić information content (AvgIpc) is 2.83. The maximum Gasteiger partial charge on any atom is 0.224 e. The van der Waals surface area contributed by atoms with E-state index in [-0.39, 0.29) is 24.1 Å². The van der Waals surface area contributed by atoms with E-state index in [1.54, 1.807) is 0 Å². The van der Waals surface area contributed by atoms with Gasteiger partial charge in [-0.15, -0.1) is 0 Å². The standard InChI is InChI=1S/C16H23NO3S/c1-12-9-13(2)11-14(10-12)15-5-4-7-17(15)16(18)6-8-21(3,19)20/h9-11,15H,4-8H2,1-3H3/t15-/m0/s1. The van der Waals surface area contributed by atoms with Crippen LogP contribution in [-0.2, 0) is 14.6 Å². The van der Waals surface area contributed by atoms with Crippen molar-refractivity contribution in [3.05, 3.63) is 34.9 Å². The minimum absolute atomic E-state index is 0.0536. The fraction of sp³-hybridized carbons (Fsp3) is 0.562. The molecule has 1 aromatic rings. The Balaban J connectivity index is 2.14. The highest BCUT2D eigenvalue weighted by Gasteiger charge is 2.30. The molecule has 1 aromatic carbocycles. The molecule has 21 heavy (non-hydrogen) atoms. The third kappa shape index (κ3) is 4.30. The number of rotatable bonds is 4. The van der Waals surface area contributed by atoms with Crippen molar-refractivity contribution < 1.29 is 13.2 Å². The predicted molar refractivity (Wildman–Crippen MR) is 83.9 cm³/mol. The van der Waals surface area contributed by atoms with Gasteiger partial charge in [0.25, 0.3) is 0 Å². The van der Waals surface area contributed by atoms with E-state index in [9.17, 15) is 13.2 Å². The lowest BCUT2D eigenvalue weighted by molar-refractivity contribution is -0.131. The van der Waals surface area contributed by atoms with E-state index < -0.39 is 9.84 Å². The van der Waals surface area contributed by atoms with Crippen molar-refractivity contribution in [1.29, 1.82) is 0 Å². The third-order valence-corrected chi connectivity index (χ3v) is 4.83. The van der Waals surface area contributed by atoms with Crippen LogP contribution in [0.2, 0.25) is 0 Å². The molecule has 0 spiro atoms. The summed E-state index contributed by atoms with van der Waals surface area (Å²) in [7, 11) is -3.09. The first-order valence-electron chi connectivity index (χ1n) is 7.31. The van der Waals surface area contributed by atoms with E-state index in [0.717, 1.165) is 24.9 Å². The molecule has 1 fully saturated rings. The van der Waals surface area contributed by atoms with E-state index in [2.05, 4.69) is 32.0 Å². The molecule has 0 unspecified atom stereocenters. The van der Waals surface area contributed by atoms with Crippen molar-refractivity contribution in [3.63, 3.8) is 0 Å². The Morgan fingerprint density at radius 2 is 1.86 bits per heavy atom. The van der Waals surface area contributed by atoms with Gasteiger partial charge in [-0.05, 0) is 32.3 Å². The molecule has 1 aliphatic heterocycles. The summed E-state index contributed by atoms with van der Waals surface area (Å²) in [5.41, 5.74) is 3.55. The summed E-state index contributed by atoms with van der Waals surface area (Å²) in [5, 5.41) is 0. The van der Waals surface area contributed by atoms with E-state index in [1.165, 1.54) is 17.4 Å². The molecule has 0 aliphatic carbocycles. The van der Waals surface area contributed by atoms with Crippen LogP contribution < -0.4 is 0 Å². The van der Waals surface area contributed by atoms with Gasteiger partial charge in [0, 0.05) is 19.2 Å². The molecular formula is C16H23NO3S. The van der Waals surface area contributed by atoms with Gasteiger partial charge < -0.3 is 4.90 Å². The molecular weight excluding hydrogens is 286 g/mol. The minimum Gasteiger partial charge on any atom is -0.336 e. The fourth-order valence-corrected chi connectivity index (χ4v) is 3.58. The lowest BCUT2D eigenvalue weighted by atomic mass is 9.99. The molecule has 0 radical (unpaired) electrons. The topological polar surface area (TPSA) is 54.5 Å². The predicted octanol–water partition coefficient (Wildman–Crippen LogP) is 2.40. The highest BCUT2D eigenvalue weighted by molar-refractivity contribution is 7.90. The highest BCUT2D eigenvalue weighted by Crippen LogP contribution is 2.33. The number of hydrogen-bond acceptors (Lipinski definition) is 3. The molecule has 0 aromatic heterocycles. The summed E-state index contributed by atoms with van der Waals surface area (Å²) in [6.07, 6.45) is 3.18. The van der Waals surface area contributed by atoms with Crippen LogP contribution in [0.3, 0.4) is 0 Å². The van der Waals surface area contributed by atoms with Crippen molar-refractivity contribution in [2.75, 3.05) is 18.6 Å². The van der Waals surface area contributed by atoms with Gasteiger partial charge in [-0.1, -0.05) is 29.3 Å². The van der Waals surface area contributed by atoms with Crippen LogP contribution in [0.15, 0.2) is 18.2 Å². The molecule has 4 nitrogen and oxygen atoms in total. The van der Waals surface area contributed by atoms with Crippen molar-refractivity contribution in [1.82, 2.24) is 4.90 Å². The summed E-state index contributed by atoms with van der Waals surface area (Å²) < 4.78 is 22.4. The Labute approximate surface area is 127 Å². The number of nitrogens with zero attached hydrogens (tertiary/aromatic N) is 1. The highest BCUT2D eigenvalue weighted by atomic mass is 32.2. The zero-order valence-electron chi connectivity index (χ0n) is 12.9. The number of sulfone groups is 1. The SMILES string of the molecule is Cc1cc(C)cc([C@@H]2CCCN2C(=O)CCS(C)(=O)=O)c1. The lowest BCUT2D eigenvalue weighted by Crippen LogP contribution is -2.31. The summed E-state index contributed by atoms with van der Waals surface area (Å²) in [4.78, 5) is 14.2. The van der Waals surface area contributed by atoms with Gasteiger partial charge in [-0.25, -0.2) is 8.42 Å². The summed E-state index contributed by atoms with van der Waals surface area (Å²) in [5.74, 6) is -0.121. The molecule has 0 saturated carbocycles. The zero-order valence-corrected chi connectivity index (χ0v) is 13.7. The Morgan fingerprint density at radius 1 is 1.24 bits per heavy atom. The van der Waals surface area contributed by atoms with Gasteiger partial charge in [-0.3, -0.25) is 4.79 Å². The third-order valence-electron chi connectivity index (χ3n) is 3.89. The van der Waals surface area contributed by atoms with Gasteiger partial charge in [0.15, 0.2) is 0 Å². The molecule has 116 valence electrons. The summed E-state index contributed by atoms with van der Waals surface area (Å²) in [6, 6.07) is 6.46. The van der Waals surface area contributed by atoms with Gasteiger partial charge >= 0.3 is 0 Å². The number of amides is 1. The van der Waals surface area contributed by atoms with Crippen molar-refractivity contribution in [2.24, 2.45) is 0 Å². The van der Waals surface area contributed by atoms with Crippen LogP contribution in [0, 0.1) is 13.8 Å². The molecule has 0 N–H and O–H groups in total. The number of carbonyl (C=O) groups is 1. The van der Waals surface area contributed by atoms with E-state index in [1.807, 2.05) is 4.90 Å². The van der Waals surface area contributed by atoms with Crippen molar-refractivity contribution >= 4 is 15.7 Å². The van der Waals surface area contributed by atoms with E-state index >= 15 is 0 Å². The molecule has 1 aliphatic rings. The molecule has 1 atom stereocenters. The van der Waals surface area contributed by atoms with Crippen LogP contribution in [0.5, 0.6) is 0 Å². The Hall–Kier alpha value is -1.36. The van der Waals surface area contributed by atoms with Crippen molar-refractivity contribution in [3.8, 4) is 0 Å². The van der Waals surface area contributed by atoms with Gasteiger partial charge in [0.1, 0.15) is 9.84 Å². The Morgan fingerprint density at radius 3 is 2.43 bits per heavy atom. The molecule has 2 rings (SSSR count). The molecule has 1 heterocycles. The Bertz CT molecular complexity index is 617. The summed E-state index contributed by atoms with van der Waals surface area (Å²) in [6.45, 7) is 4.84. The van der Waals surface area contributed by atoms with Crippen LogP contribution in [0.4, 0.5) is 0 Å². The monoisotopic (exact) mass is 309 g/mol. The van der Waals surface area contributed by atoms with Crippen LogP contribution >= 0.6 is 0 Å². The second kappa shape index (κ2) is 6.18. The Kier molecular flexibility index (Phi) is 4.71. The number of hydrogen-bond donors (Lipinski definition) is 0. The average molecular weight is 309 g/mol. The van der Waals surface area contributed by atoms with E-state index in [4.69, 9.17) is 0 Å². The largest absolute Gasteiger partial charge is 0.336 e.